The molecule has 1 aliphatic carbocycles. The number of carboxylic acid groups (broad SMARTS) is 2. The van der Waals surface area contributed by atoms with E-state index in [0.29, 0.717) is 0 Å². The van der Waals surface area contributed by atoms with Crippen LogP contribution in [0, 0.1) is 0 Å². The maximum absolute atomic E-state index is 10.5. The van der Waals surface area contributed by atoms with Crippen LogP contribution in [0.3, 0.4) is 0 Å². The van der Waals surface area contributed by atoms with Crippen molar-refractivity contribution in [1.29, 1.82) is 0 Å². The lowest BCUT2D eigenvalue weighted by Crippen LogP contribution is -2.34. The van der Waals surface area contributed by atoms with E-state index in [1.54, 1.807) is 0 Å². The standard InChI is InChI=1S/C7H8O5/c1-12-4-2-3(6(8)9)5(4)7(10)11/h4H,2H2,1H3,(H,8,9)(H,10,11). The van der Waals surface area contributed by atoms with Gasteiger partial charge in [-0.05, 0) is 0 Å². The summed E-state index contributed by atoms with van der Waals surface area (Å²) in [5.74, 6) is -2.40. The highest BCUT2D eigenvalue weighted by Crippen LogP contribution is 2.30. The van der Waals surface area contributed by atoms with Gasteiger partial charge in [-0.25, -0.2) is 9.59 Å². The molecular weight excluding hydrogens is 164 g/mol. The van der Waals surface area contributed by atoms with E-state index in [1.165, 1.54) is 7.11 Å². The van der Waals surface area contributed by atoms with Gasteiger partial charge in [0.1, 0.15) is 0 Å². The summed E-state index contributed by atoms with van der Waals surface area (Å²) in [6.45, 7) is 0. The largest absolute Gasteiger partial charge is 0.478 e. The van der Waals surface area contributed by atoms with Crippen molar-refractivity contribution in [1.82, 2.24) is 0 Å². The van der Waals surface area contributed by atoms with Crippen molar-refractivity contribution in [2.24, 2.45) is 0 Å². The molecule has 2 N–H and O–H groups in total. The van der Waals surface area contributed by atoms with Crippen LogP contribution < -0.4 is 0 Å². The molecule has 0 radical (unpaired) electrons. The molecule has 0 amide bonds. The number of carbonyl (C=O) groups is 2. The van der Waals surface area contributed by atoms with Crippen LogP contribution in [0.15, 0.2) is 11.1 Å². The second-order valence-electron chi connectivity index (χ2n) is 2.43. The van der Waals surface area contributed by atoms with Gasteiger partial charge in [0, 0.05) is 13.5 Å². The maximum Gasteiger partial charge on any atom is 0.334 e. The van der Waals surface area contributed by atoms with Gasteiger partial charge in [-0.15, -0.1) is 0 Å². The van der Waals surface area contributed by atoms with Crippen molar-refractivity contribution >= 4 is 11.9 Å². The second-order valence-corrected chi connectivity index (χ2v) is 2.43. The Bertz CT molecular complexity index is 265. The summed E-state index contributed by atoms with van der Waals surface area (Å²) in [6.07, 6.45) is -0.387. The van der Waals surface area contributed by atoms with E-state index in [2.05, 4.69) is 0 Å². The summed E-state index contributed by atoms with van der Waals surface area (Å²) < 4.78 is 4.74. The first kappa shape index (κ1) is 8.73. The third kappa shape index (κ3) is 1.18. The number of aliphatic carboxylic acids is 2. The van der Waals surface area contributed by atoms with E-state index in [4.69, 9.17) is 14.9 Å². The number of hydrogen-bond donors (Lipinski definition) is 2. The lowest BCUT2D eigenvalue weighted by molar-refractivity contribution is -0.139. The van der Waals surface area contributed by atoms with Crippen molar-refractivity contribution in [3.63, 3.8) is 0 Å². The Morgan fingerprint density at radius 2 is 2.00 bits per heavy atom. The van der Waals surface area contributed by atoms with Gasteiger partial charge in [-0.3, -0.25) is 0 Å². The molecule has 0 saturated carbocycles. The number of methoxy groups -OCH3 is 1. The van der Waals surface area contributed by atoms with Crippen LogP contribution in [-0.4, -0.2) is 35.4 Å². The molecule has 0 bridgehead atoms. The molecule has 0 saturated heterocycles. The first-order chi connectivity index (χ1) is 5.57. The molecule has 1 atom stereocenters. The molecule has 1 unspecified atom stereocenters. The fourth-order valence-corrected chi connectivity index (χ4v) is 1.13. The first-order valence-corrected chi connectivity index (χ1v) is 3.30. The van der Waals surface area contributed by atoms with E-state index in [0.717, 1.165) is 0 Å². The molecule has 0 aliphatic heterocycles. The van der Waals surface area contributed by atoms with Gasteiger partial charge < -0.3 is 14.9 Å². The first-order valence-electron chi connectivity index (χ1n) is 3.30. The molecule has 1 aliphatic rings. The molecule has 0 spiro atoms. The van der Waals surface area contributed by atoms with Gasteiger partial charge >= 0.3 is 11.9 Å². The zero-order chi connectivity index (χ0) is 9.30. The van der Waals surface area contributed by atoms with E-state index in [1.807, 2.05) is 0 Å². The van der Waals surface area contributed by atoms with Crippen LogP contribution >= 0.6 is 0 Å². The summed E-state index contributed by atoms with van der Waals surface area (Å²) in [5.41, 5.74) is -0.195. The van der Waals surface area contributed by atoms with Crippen molar-refractivity contribution in [3.8, 4) is 0 Å². The van der Waals surface area contributed by atoms with Gasteiger partial charge in [0.05, 0.1) is 17.3 Å². The van der Waals surface area contributed by atoms with Crippen molar-refractivity contribution in [3.05, 3.63) is 11.1 Å². The Morgan fingerprint density at radius 1 is 1.42 bits per heavy atom. The molecule has 0 aromatic rings. The van der Waals surface area contributed by atoms with Crippen LogP contribution in [0.25, 0.3) is 0 Å². The zero-order valence-corrected chi connectivity index (χ0v) is 6.40. The highest BCUT2D eigenvalue weighted by molar-refractivity contribution is 6.02. The molecule has 12 heavy (non-hydrogen) atoms. The molecule has 0 aromatic heterocycles. The Labute approximate surface area is 68.3 Å². The van der Waals surface area contributed by atoms with E-state index in [-0.39, 0.29) is 17.6 Å². The fourth-order valence-electron chi connectivity index (χ4n) is 1.13. The predicted octanol–water partition coefficient (Wildman–Crippen LogP) is -0.129. The van der Waals surface area contributed by atoms with Crippen LogP contribution in [0.1, 0.15) is 6.42 Å². The summed E-state index contributed by atoms with van der Waals surface area (Å²) in [4.78, 5) is 20.8. The smallest absolute Gasteiger partial charge is 0.334 e. The Kier molecular flexibility index (Phi) is 2.14. The quantitative estimate of drug-likeness (QED) is 0.619. The molecule has 0 heterocycles. The van der Waals surface area contributed by atoms with Gasteiger partial charge in [0.2, 0.25) is 0 Å². The van der Waals surface area contributed by atoms with Gasteiger partial charge in [-0.1, -0.05) is 0 Å². The SMILES string of the molecule is COC1CC(C(=O)O)=C1C(=O)O. The lowest BCUT2D eigenvalue weighted by Gasteiger charge is -2.26. The second kappa shape index (κ2) is 2.94. The Balaban J connectivity index is 2.92. The van der Waals surface area contributed by atoms with Crippen LogP contribution in [0.2, 0.25) is 0 Å². The average Bonchev–Trinajstić information content (AvgIpc) is 1.83. The van der Waals surface area contributed by atoms with E-state index < -0.39 is 18.0 Å². The van der Waals surface area contributed by atoms with Crippen LogP contribution in [-0.2, 0) is 14.3 Å². The summed E-state index contributed by atoms with van der Waals surface area (Å²) in [5, 5.41) is 17.0. The minimum atomic E-state index is -1.22. The Hall–Kier alpha value is -1.36. The minimum absolute atomic E-state index is 0.0608. The highest BCUT2D eigenvalue weighted by Gasteiger charge is 2.38. The van der Waals surface area contributed by atoms with Crippen LogP contribution in [0.4, 0.5) is 0 Å². The number of rotatable bonds is 3. The van der Waals surface area contributed by atoms with Gasteiger partial charge in [0.25, 0.3) is 0 Å². The summed E-state index contributed by atoms with van der Waals surface area (Å²) in [7, 11) is 1.35. The molecule has 0 fully saturated rings. The molecule has 66 valence electrons. The molecule has 5 heteroatoms. The number of ether oxygens (including phenoxy) is 1. The zero-order valence-electron chi connectivity index (χ0n) is 6.40. The van der Waals surface area contributed by atoms with Crippen molar-refractivity contribution in [2.75, 3.05) is 7.11 Å². The Morgan fingerprint density at radius 3 is 2.33 bits per heavy atom. The summed E-state index contributed by atoms with van der Waals surface area (Å²) in [6, 6.07) is 0. The molecule has 0 aromatic carbocycles. The van der Waals surface area contributed by atoms with E-state index >= 15 is 0 Å². The van der Waals surface area contributed by atoms with E-state index in [9.17, 15) is 9.59 Å². The normalized spacial score (nSPS) is 21.9. The highest BCUT2D eigenvalue weighted by atomic mass is 16.5. The number of hydrogen-bond acceptors (Lipinski definition) is 3. The maximum atomic E-state index is 10.5. The van der Waals surface area contributed by atoms with Gasteiger partial charge in [-0.2, -0.15) is 0 Å². The van der Waals surface area contributed by atoms with Gasteiger partial charge in [0.15, 0.2) is 0 Å². The van der Waals surface area contributed by atoms with Crippen LogP contribution in [0.5, 0.6) is 0 Å². The fraction of sp³-hybridized carbons (Fsp3) is 0.429. The van der Waals surface area contributed by atoms with Crippen molar-refractivity contribution < 1.29 is 24.5 Å². The topological polar surface area (TPSA) is 83.8 Å². The predicted molar refractivity (Wildman–Crippen MR) is 37.7 cm³/mol. The molecule has 1 rings (SSSR count). The lowest BCUT2D eigenvalue weighted by atomic mass is 9.85. The minimum Gasteiger partial charge on any atom is -0.478 e. The molecular formula is C7H8O5. The van der Waals surface area contributed by atoms with Crippen molar-refractivity contribution in [2.45, 2.75) is 12.5 Å². The molecule has 5 nitrogen and oxygen atoms in total. The monoisotopic (exact) mass is 172 g/mol. The number of carboxylic acids is 2. The average molecular weight is 172 g/mol. The third-order valence-corrected chi connectivity index (χ3v) is 1.81. The third-order valence-electron chi connectivity index (χ3n) is 1.81. The summed E-state index contributed by atoms with van der Waals surface area (Å²) >= 11 is 0.